The monoisotopic (exact) mass is 292 g/mol. The van der Waals surface area contributed by atoms with Gasteiger partial charge in [-0.3, -0.25) is 0 Å². The molecule has 0 saturated carbocycles. The second kappa shape index (κ2) is 7.90. The molecule has 2 atom stereocenters. The highest BCUT2D eigenvalue weighted by Gasteiger charge is 2.27. The first-order valence-corrected chi connectivity index (χ1v) is 8.34. The summed E-state index contributed by atoms with van der Waals surface area (Å²) in [7, 11) is 0. The van der Waals surface area contributed by atoms with Gasteiger partial charge in [0, 0.05) is 18.6 Å². The van der Waals surface area contributed by atoms with Gasteiger partial charge >= 0.3 is 0 Å². The summed E-state index contributed by atoms with van der Waals surface area (Å²) in [6, 6.07) is 7.99. The third kappa shape index (κ3) is 4.52. The Hall–Kier alpha value is -0.930. The third-order valence-corrected chi connectivity index (χ3v) is 4.59. The van der Waals surface area contributed by atoms with Crippen LogP contribution in [0.2, 0.25) is 0 Å². The highest BCUT2D eigenvalue weighted by Crippen LogP contribution is 2.26. The topological polar surface area (TPSA) is 15.3 Å². The van der Waals surface area contributed by atoms with Crippen molar-refractivity contribution in [2.75, 3.05) is 19.6 Å². The van der Waals surface area contributed by atoms with Gasteiger partial charge in [0.25, 0.3) is 0 Å². The number of hydrogen-bond acceptors (Lipinski definition) is 2. The lowest BCUT2D eigenvalue weighted by Gasteiger charge is -2.29. The van der Waals surface area contributed by atoms with E-state index in [0.717, 1.165) is 37.0 Å². The molecule has 1 N–H and O–H groups in total. The highest BCUT2D eigenvalue weighted by molar-refractivity contribution is 5.20. The maximum atomic E-state index is 13.4. The Kier molecular flexibility index (Phi) is 6.19. The zero-order chi connectivity index (χ0) is 15.2. The maximum absolute atomic E-state index is 13.4. The van der Waals surface area contributed by atoms with Crippen LogP contribution in [-0.2, 0) is 0 Å². The number of likely N-dealkylation sites (tertiary alicyclic amines) is 1. The van der Waals surface area contributed by atoms with Crippen LogP contribution in [0.1, 0.15) is 51.6 Å². The zero-order valence-corrected chi connectivity index (χ0v) is 13.6. The minimum absolute atomic E-state index is 0.142. The maximum Gasteiger partial charge on any atom is 0.123 e. The molecule has 21 heavy (non-hydrogen) atoms. The fraction of sp³-hybridized carbons (Fsp3) is 0.667. The Bertz CT molecular complexity index is 433. The van der Waals surface area contributed by atoms with Gasteiger partial charge in [-0.15, -0.1) is 0 Å². The molecule has 0 aliphatic carbocycles. The largest absolute Gasteiger partial charge is 0.310 e. The summed E-state index contributed by atoms with van der Waals surface area (Å²) in [6.07, 6.45) is 3.68. The summed E-state index contributed by atoms with van der Waals surface area (Å²) in [5, 5.41) is 3.50. The molecule has 2 nitrogen and oxygen atoms in total. The molecular formula is C18H29FN2. The normalized spacial score (nSPS) is 21.1. The number of nitrogens with one attached hydrogen (secondary N) is 1. The highest BCUT2D eigenvalue weighted by atomic mass is 19.1. The van der Waals surface area contributed by atoms with Crippen molar-refractivity contribution < 1.29 is 4.39 Å². The first kappa shape index (κ1) is 16.4. The van der Waals surface area contributed by atoms with Crippen molar-refractivity contribution in [3.8, 4) is 0 Å². The van der Waals surface area contributed by atoms with Crippen molar-refractivity contribution in [1.82, 2.24) is 10.2 Å². The molecule has 1 saturated heterocycles. The van der Waals surface area contributed by atoms with Gasteiger partial charge in [0.2, 0.25) is 0 Å². The summed E-state index contributed by atoms with van der Waals surface area (Å²) in [6.45, 7) is 9.96. The number of benzene rings is 1. The average molecular weight is 292 g/mol. The van der Waals surface area contributed by atoms with Gasteiger partial charge in [-0.1, -0.05) is 32.9 Å². The fourth-order valence-corrected chi connectivity index (χ4v) is 3.54. The molecule has 0 amide bonds. The SMILES string of the molecule is CCNC(CCN1CCCC1C(C)C)c1cccc(F)c1. The molecule has 1 aliphatic rings. The van der Waals surface area contributed by atoms with Crippen LogP contribution in [0.5, 0.6) is 0 Å². The van der Waals surface area contributed by atoms with Gasteiger partial charge < -0.3 is 10.2 Å². The first-order valence-electron chi connectivity index (χ1n) is 8.34. The molecule has 118 valence electrons. The molecule has 0 aromatic heterocycles. The molecule has 0 radical (unpaired) electrons. The van der Waals surface area contributed by atoms with Gasteiger partial charge in [0.15, 0.2) is 0 Å². The Labute approximate surface area is 128 Å². The third-order valence-electron chi connectivity index (χ3n) is 4.59. The Morgan fingerprint density at radius 3 is 2.86 bits per heavy atom. The molecule has 2 unspecified atom stereocenters. The van der Waals surface area contributed by atoms with E-state index in [1.54, 1.807) is 6.07 Å². The quantitative estimate of drug-likeness (QED) is 0.817. The summed E-state index contributed by atoms with van der Waals surface area (Å²) in [5.74, 6) is 0.580. The lowest BCUT2D eigenvalue weighted by atomic mass is 10.00. The molecule has 3 heteroatoms. The minimum Gasteiger partial charge on any atom is -0.310 e. The fourth-order valence-electron chi connectivity index (χ4n) is 3.54. The van der Waals surface area contributed by atoms with Crippen molar-refractivity contribution in [3.63, 3.8) is 0 Å². The van der Waals surface area contributed by atoms with Crippen molar-refractivity contribution in [3.05, 3.63) is 35.6 Å². The van der Waals surface area contributed by atoms with E-state index in [1.165, 1.54) is 25.5 Å². The molecule has 0 spiro atoms. The van der Waals surface area contributed by atoms with Gasteiger partial charge in [0.05, 0.1) is 0 Å². The van der Waals surface area contributed by atoms with Gasteiger partial charge in [-0.05, 0) is 56.0 Å². The molecule has 2 rings (SSSR count). The molecule has 1 aliphatic heterocycles. The van der Waals surface area contributed by atoms with E-state index in [4.69, 9.17) is 0 Å². The standard InChI is InChI=1S/C18H29FN2/c1-4-20-17(15-7-5-8-16(19)13-15)10-12-21-11-6-9-18(21)14(2)3/h5,7-8,13-14,17-18,20H,4,6,9-12H2,1-3H3. The molecule has 1 heterocycles. The molecule has 1 fully saturated rings. The summed E-state index contributed by atoms with van der Waals surface area (Å²) in [5.41, 5.74) is 1.07. The number of rotatable bonds is 7. The number of nitrogens with zero attached hydrogens (tertiary/aromatic N) is 1. The smallest absolute Gasteiger partial charge is 0.123 e. The number of hydrogen-bond donors (Lipinski definition) is 1. The van der Waals surface area contributed by atoms with Crippen LogP contribution in [0.25, 0.3) is 0 Å². The number of halogens is 1. The van der Waals surface area contributed by atoms with Crippen molar-refractivity contribution in [1.29, 1.82) is 0 Å². The van der Waals surface area contributed by atoms with E-state index >= 15 is 0 Å². The van der Waals surface area contributed by atoms with Crippen LogP contribution in [0, 0.1) is 11.7 Å². The van der Waals surface area contributed by atoms with Crippen LogP contribution >= 0.6 is 0 Å². The van der Waals surface area contributed by atoms with Crippen LogP contribution in [0.4, 0.5) is 4.39 Å². The average Bonchev–Trinajstić information content (AvgIpc) is 2.92. The predicted molar refractivity (Wildman–Crippen MR) is 86.9 cm³/mol. The van der Waals surface area contributed by atoms with Crippen molar-refractivity contribution >= 4 is 0 Å². The Morgan fingerprint density at radius 1 is 1.38 bits per heavy atom. The first-order chi connectivity index (χ1) is 10.1. The summed E-state index contributed by atoms with van der Waals surface area (Å²) >= 11 is 0. The second-order valence-electron chi connectivity index (χ2n) is 6.44. The molecule has 1 aromatic rings. The molecule has 0 bridgehead atoms. The van der Waals surface area contributed by atoms with Crippen LogP contribution in [-0.4, -0.2) is 30.6 Å². The van der Waals surface area contributed by atoms with Crippen molar-refractivity contribution in [2.24, 2.45) is 5.92 Å². The summed E-state index contributed by atoms with van der Waals surface area (Å²) < 4.78 is 13.4. The van der Waals surface area contributed by atoms with Crippen LogP contribution in [0.3, 0.4) is 0 Å². The van der Waals surface area contributed by atoms with E-state index in [-0.39, 0.29) is 11.9 Å². The summed E-state index contributed by atoms with van der Waals surface area (Å²) in [4.78, 5) is 2.62. The zero-order valence-electron chi connectivity index (χ0n) is 13.6. The van der Waals surface area contributed by atoms with E-state index in [0.29, 0.717) is 0 Å². The Balaban J connectivity index is 1.97. The minimum atomic E-state index is -0.142. The molecule has 1 aromatic carbocycles. The Morgan fingerprint density at radius 2 is 2.19 bits per heavy atom. The van der Waals surface area contributed by atoms with Gasteiger partial charge in [-0.2, -0.15) is 0 Å². The van der Waals surface area contributed by atoms with Gasteiger partial charge in [0.1, 0.15) is 5.82 Å². The van der Waals surface area contributed by atoms with Gasteiger partial charge in [-0.25, -0.2) is 4.39 Å². The van der Waals surface area contributed by atoms with Crippen LogP contribution in [0.15, 0.2) is 24.3 Å². The van der Waals surface area contributed by atoms with E-state index in [2.05, 4.69) is 31.0 Å². The van der Waals surface area contributed by atoms with E-state index < -0.39 is 0 Å². The second-order valence-corrected chi connectivity index (χ2v) is 6.44. The van der Waals surface area contributed by atoms with Crippen LogP contribution < -0.4 is 5.32 Å². The predicted octanol–water partition coefficient (Wildman–Crippen LogP) is 3.99. The van der Waals surface area contributed by atoms with Crippen molar-refractivity contribution in [2.45, 2.75) is 52.1 Å². The van der Waals surface area contributed by atoms with E-state index in [1.807, 2.05) is 12.1 Å². The van der Waals surface area contributed by atoms with E-state index in [9.17, 15) is 4.39 Å². The molecular weight excluding hydrogens is 263 g/mol. The lowest BCUT2D eigenvalue weighted by molar-refractivity contribution is 0.197. The lowest BCUT2D eigenvalue weighted by Crippen LogP contribution is -2.36.